The van der Waals surface area contributed by atoms with Gasteiger partial charge in [0.15, 0.2) is 17.1 Å². The topological polar surface area (TPSA) is 36.9 Å². The van der Waals surface area contributed by atoms with E-state index in [2.05, 4.69) is 114 Å². The van der Waals surface area contributed by atoms with Crippen molar-refractivity contribution in [1.29, 1.82) is 0 Å². The number of methoxy groups -OCH3 is 2. The summed E-state index contributed by atoms with van der Waals surface area (Å²) in [6.07, 6.45) is 9.95. The fourth-order valence-corrected chi connectivity index (χ4v) is 10.9. The predicted octanol–water partition coefficient (Wildman–Crippen LogP) is 11.3. The first-order valence-corrected chi connectivity index (χ1v) is 18.6. The van der Waals surface area contributed by atoms with Crippen LogP contribution >= 0.6 is 0 Å². The molecule has 5 aromatic carbocycles. The smallest absolute Gasteiger partial charge is 0.178 e. The van der Waals surface area contributed by atoms with Gasteiger partial charge >= 0.3 is 0 Å². The molecule has 5 aromatic rings. The lowest BCUT2D eigenvalue weighted by Crippen LogP contribution is -2.44. The molecule has 4 nitrogen and oxygen atoms in total. The largest absolute Gasteiger partial charge is 0.497 e. The van der Waals surface area contributed by atoms with Crippen molar-refractivity contribution in [1.82, 2.24) is 0 Å². The fourth-order valence-electron chi connectivity index (χ4n) is 10.9. The Morgan fingerprint density at radius 1 is 0.745 bits per heavy atom. The molecule has 2 aliphatic heterocycles. The van der Waals surface area contributed by atoms with Gasteiger partial charge in [0.2, 0.25) is 0 Å². The predicted molar refractivity (Wildman–Crippen MR) is 207 cm³/mol. The average molecular weight is 677 g/mol. The lowest BCUT2D eigenvalue weighted by Gasteiger charge is -2.52. The van der Waals surface area contributed by atoms with Gasteiger partial charge in [-0.3, -0.25) is 0 Å². The third-order valence-electron chi connectivity index (χ3n) is 12.1. The summed E-state index contributed by atoms with van der Waals surface area (Å²) in [6.45, 7) is 12.7. The molecule has 1 spiro atoms. The van der Waals surface area contributed by atoms with Crippen molar-refractivity contribution in [3.8, 4) is 34.1 Å². The van der Waals surface area contributed by atoms with Gasteiger partial charge in [0, 0.05) is 38.4 Å². The molecule has 0 amide bonds. The molecule has 0 saturated heterocycles. The standard InChI is InChI=1S/C47H48O4/c1-29-14-16-30(17-15-29)47(31-18-20-32(48-6)21-19-31)23-22-35-41-40(39-34-12-10-24-50-43(34)38(49-7)25-36(39)42(35)51-47)33-11-8-9-13-37(33)46(41)27-44(2,3)26-45(4,5)28-46/h8-9,11,13-23,25H,10,12,24,26-28H2,1-7H3. The molecule has 4 heteroatoms. The highest BCUT2D eigenvalue weighted by molar-refractivity contribution is 6.11. The summed E-state index contributed by atoms with van der Waals surface area (Å²) in [4.78, 5) is 0. The van der Waals surface area contributed by atoms with Crippen molar-refractivity contribution in [2.75, 3.05) is 20.8 Å². The van der Waals surface area contributed by atoms with Crippen LogP contribution in [0.2, 0.25) is 0 Å². The summed E-state index contributed by atoms with van der Waals surface area (Å²) < 4.78 is 25.9. The zero-order valence-electron chi connectivity index (χ0n) is 31.0. The molecule has 1 saturated carbocycles. The van der Waals surface area contributed by atoms with E-state index in [0.29, 0.717) is 6.61 Å². The van der Waals surface area contributed by atoms with E-state index >= 15 is 0 Å². The van der Waals surface area contributed by atoms with E-state index in [0.717, 1.165) is 65.2 Å². The Balaban J connectivity index is 1.43. The molecular formula is C47H48O4. The Hall–Kier alpha value is -4.70. The van der Waals surface area contributed by atoms with Crippen molar-refractivity contribution < 1.29 is 18.9 Å². The lowest BCUT2D eigenvalue weighted by atomic mass is 9.52. The minimum atomic E-state index is -0.864. The van der Waals surface area contributed by atoms with Gasteiger partial charge < -0.3 is 18.9 Å². The first kappa shape index (κ1) is 32.2. The minimum absolute atomic E-state index is 0.148. The average Bonchev–Trinajstić information content (AvgIpc) is 3.38. The Bertz CT molecular complexity index is 2220. The quantitative estimate of drug-likeness (QED) is 0.190. The van der Waals surface area contributed by atoms with E-state index in [-0.39, 0.29) is 16.2 Å². The number of aryl methyl sites for hydroxylation is 2. The summed E-state index contributed by atoms with van der Waals surface area (Å²) in [5.74, 6) is 3.39. The molecule has 0 radical (unpaired) electrons. The Kier molecular flexibility index (Phi) is 7.04. The van der Waals surface area contributed by atoms with Crippen LogP contribution in [0.4, 0.5) is 0 Å². The SMILES string of the molecule is COc1ccc(C2(c3ccc(C)cc3)C=Cc3c4c(c5c6c(c(OC)cc5c3O2)OCCC6)-c2ccccc2C42CC(C)(C)CC(C)(C)C2)cc1. The molecule has 0 bridgehead atoms. The zero-order chi connectivity index (χ0) is 35.3. The van der Waals surface area contributed by atoms with Crippen LogP contribution in [0.25, 0.3) is 28.0 Å². The minimum Gasteiger partial charge on any atom is -0.497 e. The molecule has 51 heavy (non-hydrogen) atoms. The van der Waals surface area contributed by atoms with Crippen molar-refractivity contribution >= 4 is 16.8 Å². The highest BCUT2D eigenvalue weighted by Gasteiger charge is 2.55. The first-order valence-electron chi connectivity index (χ1n) is 18.6. The summed E-state index contributed by atoms with van der Waals surface area (Å²) in [6, 6.07) is 28.6. The van der Waals surface area contributed by atoms with Crippen molar-refractivity contribution in [3.05, 3.63) is 124 Å². The van der Waals surface area contributed by atoms with E-state index in [1.54, 1.807) is 14.2 Å². The van der Waals surface area contributed by atoms with Crippen LogP contribution < -0.4 is 18.9 Å². The highest BCUT2D eigenvalue weighted by Crippen LogP contribution is 2.67. The lowest BCUT2D eigenvalue weighted by molar-refractivity contribution is 0.0642. The van der Waals surface area contributed by atoms with Gasteiger partial charge in [0.25, 0.3) is 0 Å². The van der Waals surface area contributed by atoms with E-state index in [1.807, 2.05) is 12.1 Å². The van der Waals surface area contributed by atoms with Crippen molar-refractivity contribution in [3.63, 3.8) is 0 Å². The van der Waals surface area contributed by atoms with Gasteiger partial charge in [-0.15, -0.1) is 0 Å². The van der Waals surface area contributed by atoms with Crippen LogP contribution in [0.1, 0.15) is 92.3 Å². The molecule has 1 atom stereocenters. The maximum Gasteiger partial charge on any atom is 0.178 e. The maximum absolute atomic E-state index is 7.75. The van der Waals surface area contributed by atoms with Gasteiger partial charge in [0.05, 0.1) is 20.8 Å². The molecular weight excluding hydrogens is 629 g/mol. The van der Waals surface area contributed by atoms with Gasteiger partial charge in [-0.1, -0.05) is 100.0 Å². The molecule has 2 aliphatic carbocycles. The van der Waals surface area contributed by atoms with Crippen molar-refractivity contribution in [2.24, 2.45) is 10.8 Å². The van der Waals surface area contributed by atoms with Gasteiger partial charge in [-0.05, 0) is 96.4 Å². The molecule has 260 valence electrons. The van der Waals surface area contributed by atoms with Crippen LogP contribution in [0.3, 0.4) is 0 Å². The molecule has 0 N–H and O–H groups in total. The van der Waals surface area contributed by atoms with E-state index < -0.39 is 5.60 Å². The summed E-state index contributed by atoms with van der Waals surface area (Å²) in [7, 11) is 3.47. The number of hydrogen-bond acceptors (Lipinski definition) is 4. The molecule has 2 heterocycles. The van der Waals surface area contributed by atoms with Crippen LogP contribution in [0.15, 0.2) is 84.9 Å². The van der Waals surface area contributed by atoms with E-state index in [9.17, 15) is 0 Å². The van der Waals surface area contributed by atoms with Crippen LogP contribution in [0.5, 0.6) is 23.0 Å². The molecule has 0 aromatic heterocycles. The van der Waals surface area contributed by atoms with Gasteiger partial charge in [0.1, 0.15) is 11.5 Å². The van der Waals surface area contributed by atoms with Crippen LogP contribution in [-0.2, 0) is 17.4 Å². The first-order chi connectivity index (χ1) is 24.5. The molecule has 1 fully saturated rings. The number of fused-ring (bicyclic) bond motifs is 12. The number of hydrogen-bond donors (Lipinski definition) is 0. The summed E-state index contributed by atoms with van der Waals surface area (Å²) >= 11 is 0. The third kappa shape index (κ3) is 4.71. The van der Waals surface area contributed by atoms with E-state index in [1.165, 1.54) is 50.8 Å². The monoisotopic (exact) mass is 676 g/mol. The van der Waals surface area contributed by atoms with Crippen LogP contribution in [0, 0.1) is 17.8 Å². The van der Waals surface area contributed by atoms with Crippen LogP contribution in [-0.4, -0.2) is 20.8 Å². The summed E-state index contributed by atoms with van der Waals surface area (Å²) in [5.41, 5.74) is 10.6. The second kappa shape index (κ2) is 11.1. The fraction of sp³-hybridized carbons (Fsp3) is 0.362. The second-order valence-electron chi connectivity index (χ2n) is 17.0. The zero-order valence-corrected chi connectivity index (χ0v) is 31.0. The number of rotatable bonds is 4. The van der Waals surface area contributed by atoms with E-state index in [4.69, 9.17) is 18.9 Å². The molecule has 9 rings (SSSR count). The Morgan fingerprint density at radius 3 is 2.12 bits per heavy atom. The third-order valence-corrected chi connectivity index (χ3v) is 12.1. The Morgan fingerprint density at radius 2 is 1.43 bits per heavy atom. The summed E-state index contributed by atoms with van der Waals surface area (Å²) in [5, 5.41) is 2.34. The maximum atomic E-state index is 7.75. The molecule has 1 unspecified atom stereocenters. The van der Waals surface area contributed by atoms with Crippen molar-refractivity contribution in [2.45, 2.75) is 77.7 Å². The number of benzene rings is 5. The Labute approximate surface area is 302 Å². The highest BCUT2D eigenvalue weighted by atomic mass is 16.5. The van der Waals surface area contributed by atoms with Gasteiger partial charge in [-0.25, -0.2) is 0 Å². The second-order valence-corrected chi connectivity index (χ2v) is 17.0. The van der Waals surface area contributed by atoms with Gasteiger partial charge in [-0.2, -0.15) is 0 Å². The molecule has 4 aliphatic rings. The normalized spacial score (nSPS) is 21.5. The number of ether oxygens (including phenoxy) is 4.